The molecule has 0 radical (unpaired) electrons. The lowest BCUT2D eigenvalue weighted by Gasteiger charge is -2.38. The van der Waals surface area contributed by atoms with Gasteiger partial charge in [0.05, 0.1) is 5.56 Å². The summed E-state index contributed by atoms with van der Waals surface area (Å²) in [6.45, 7) is 4.11. The number of nitrogens with zero attached hydrogens (tertiary/aromatic N) is 1. The molecule has 0 bridgehead atoms. The number of anilines is 2. The van der Waals surface area contributed by atoms with Crippen molar-refractivity contribution < 1.29 is 4.79 Å². The summed E-state index contributed by atoms with van der Waals surface area (Å²) in [4.78, 5) is 15.2. The smallest absolute Gasteiger partial charge is 0.262 e. The van der Waals surface area contributed by atoms with Crippen molar-refractivity contribution in [2.45, 2.75) is 20.0 Å². The van der Waals surface area contributed by atoms with E-state index in [1.54, 1.807) is 0 Å². The zero-order chi connectivity index (χ0) is 18.8. The van der Waals surface area contributed by atoms with E-state index < -0.39 is 0 Å². The van der Waals surface area contributed by atoms with Gasteiger partial charge < -0.3 is 5.32 Å². The van der Waals surface area contributed by atoms with Crippen LogP contribution in [-0.4, -0.2) is 12.1 Å². The first-order valence-electron chi connectivity index (χ1n) is 9.12. The van der Waals surface area contributed by atoms with Crippen LogP contribution in [-0.2, 0) is 0 Å². The lowest BCUT2D eigenvalue weighted by molar-refractivity contribution is 0.0978. The van der Waals surface area contributed by atoms with Crippen molar-refractivity contribution in [2.24, 2.45) is 0 Å². The molecule has 3 heteroatoms. The van der Waals surface area contributed by atoms with Crippen LogP contribution in [0.3, 0.4) is 0 Å². The second kappa shape index (κ2) is 7.12. The van der Waals surface area contributed by atoms with E-state index in [-0.39, 0.29) is 12.1 Å². The van der Waals surface area contributed by atoms with Crippen LogP contribution in [0.25, 0.3) is 6.08 Å². The first-order valence-corrected chi connectivity index (χ1v) is 9.12. The molecule has 1 aliphatic heterocycles. The van der Waals surface area contributed by atoms with Crippen LogP contribution < -0.4 is 10.2 Å². The van der Waals surface area contributed by atoms with E-state index >= 15 is 0 Å². The third-order valence-electron chi connectivity index (χ3n) is 4.86. The molecule has 4 rings (SSSR count). The molecule has 3 aromatic rings. The molecular weight excluding hydrogens is 332 g/mol. The number of rotatable bonds is 3. The topological polar surface area (TPSA) is 32.3 Å². The van der Waals surface area contributed by atoms with E-state index in [1.807, 2.05) is 78.6 Å². The Hall–Kier alpha value is -3.33. The van der Waals surface area contributed by atoms with Gasteiger partial charge in [-0.05, 0) is 49.2 Å². The summed E-state index contributed by atoms with van der Waals surface area (Å²) < 4.78 is 0. The summed E-state index contributed by atoms with van der Waals surface area (Å²) in [5, 5.41) is 3.55. The van der Waals surface area contributed by atoms with Gasteiger partial charge in [0.25, 0.3) is 5.91 Å². The highest BCUT2D eigenvalue weighted by Crippen LogP contribution is 2.32. The maximum absolute atomic E-state index is 13.3. The summed E-state index contributed by atoms with van der Waals surface area (Å²) in [7, 11) is 0. The largest absolute Gasteiger partial charge is 0.361 e. The first-order chi connectivity index (χ1) is 13.1. The lowest BCUT2D eigenvalue weighted by Crippen LogP contribution is -2.49. The predicted molar refractivity (Wildman–Crippen MR) is 112 cm³/mol. The van der Waals surface area contributed by atoms with E-state index in [1.165, 1.54) is 5.56 Å². The van der Waals surface area contributed by atoms with Crippen LogP contribution in [0.2, 0.25) is 0 Å². The normalized spacial score (nSPS) is 16.7. The highest BCUT2D eigenvalue weighted by molar-refractivity contribution is 6.12. The maximum Gasteiger partial charge on any atom is 0.262 e. The SMILES string of the molecule is CC(=Cc1ccccc1)C1Nc2ccccc2C(=O)N1c1ccc(C)cc1. The molecule has 1 amide bonds. The highest BCUT2D eigenvalue weighted by atomic mass is 16.2. The van der Waals surface area contributed by atoms with Crippen molar-refractivity contribution in [3.63, 3.8) is 0 Å². The van der Waals surface area contributed by atoms with Crippen LogP contribution in [0.15, 0.2) is 84.4 Å². The molecule has 0 spiro atoms. The van der Waals surface area contributed by atoms with Gasteiger partial charge >= 0.3 is 0 Å². The lowest BCUT2D eigenvalue weighted by atomic mass is 10.0. The van der Waals surface area contributed by atoms with Crippen LogP contribution in [0.5, 0.6) is 0 Å². The minimum atomic E-state index is -0.240. The summed E-state index contributed by atoms with van der Waals surface area (Å²) in [5.41, 5.74) is 5.82. The van der Waals surface area contributed by atoms with Gasteiger partial charge in [0.2, 0.25) is 0 Å². The van der Waals surface area contributed by atoms with Gasteiger partial charge in [0.1, 0.15) is 6.17 Å². The van der Waals surface area contributed by atoms with Crippen LogP contribution >= 0.6 is 0 Å². The van der Waals surface area contributed by atoms with Crippen molar-refractivity contribution in [2.75, 3.05) is 10.2 Å². The molecule has 1 heterocycles. The molecular formula is C24H22N2O. The summed E-state index contributed by atoms with van der Waals surface area (Å²) in [5.74, 6) is 0.0130. The standard InChI is InChI=1S/C24H22N2O/c1-17-12-14-20(15-13-17)26-23(18(2)16-19-8-4-3-5-9-19)25-22-11-7-6-10-21(22)24(26)27/h3-16,23,25H,1-2H3. The summed E-state index contributed by atoms with van der Waals surface area (Å²) in [6, 6.07) is 26.0. The van der Waals surface area contributed by atoms with Gasteiger partial charge in [0, 0.05) is 11.4 Å². The van der Waals surface area contributed by atoms with E-state index in [2.05, 4.69) is 30.4 Å². The van der Waals surface area contributed by atoms with Crippen molar-refractivity contribution in [3.05, 3.63) is 101 Å². The molecule has 1 N–H and O–H groups in total. The van der Waals surface area contributed by atoms with Gasteiger partial charge in [-0.3, -0.25) is 9.69 Å². The van der Waals surface area contributed by atoms with E-state index in [4.69, 9.17) is 0 Å². The number of nitrogens with one attached hydrogen (secondary N) is 1. The van der Waals surface area contributed by atoms with E-state index in [0.717, 1.165) is 22.5 Å². The molecule has 1 aliphatic rings. The molecule has 0 fully saturated rings. The fourth-order valence-electron chi connectivity index (χ4n) is 3.43. The van der Waals surface area contributed by atoms with Crippen LogP contribution in [0.4, 0.5) is 11.4 Å². The van der Waals surface area contributed by atoms with Gasteiger partial charge in [-0.1, -0.05) is 66.2 Å². The number of aryl methyl sites for hydroxylation is 1. The number of hydrogen-bond donors (Lipinski definition) is 1. The van der Waals surface area contributed by atoms with Crippen LogP contribution in [0, 0.1) is 6.92 Å². The molecule has 3 aromatic carbocycles. The average molecular weight is 354 g/mol. The Bertz CT molecular complexity index is 990. The Morgan fingerprint density at radius 3 is 2.33 bits per heavy atom. The quantitative estimate of drug-likeness (QED) is 0.674. The van der Waals surface area contributed by atoms with E-state index in [0.29, 0.717) is 5.56 Å². The van der Waals surface area contributed by atoms with Gasteiger partial charge in [-0.25, -0.2) is 0 Å². The van der Waals surface area contributed by atoms with Crippen molar-refractivity contribution in [1.29, 1.82) is 0 Å². The third kappa shape index (κ3) is 3.36. The van der Waals surface area contributed by atoms with Crippen molar-refractivity contribution in [3.8, 4) is 0 Å². The molecule has 27 heavy (non-hydrogen) atoms. The number of fused-ring (bicyclic) bond motifs is 1. The number of amides is 1. The van der Waals surface area contributed by atoms with E-state index in [9.17, 15) is 4.79 Å². The maximum atomic E-state index is 13.3. The average Bonchev–Trinajstić information content (AvgIpc) is 2.69. The van der Waals surface area contributed by atoms with Gasteiger partial charge in [-0.2, -0.15) is 0 Å². The Kier molecular flexibility index (Phi) is 4.51. The first kappa shape index (κ1) is 17.1. The molecule has 0 aliphatic carbocycles. The fourth-order valence-corrected chi connectivity index (χ4v) is 3.43. The fraction of sp³-hybridized carbons (Fsp3) is 0.125. The molecule has 1 atom stereocenters. The second-order valence-electron chi connectivity index (χ2n) is 6.90. The molecule has 0 saturated heterocycles. The number of benzene rings is 3. The number of para-hydroxylation sites is 1. The Balaban J connectivity index is 1.80. The Morgan fingerprint density at radius 1 is 0.926 bits per heavy atom. The monoisotopic (exact) mass is 354 g/mol. The Labute approximate surface area is 160 Å². The minimum absolute atomic E-state index is 0.0130. The summed E-state index contributed by atoms with van der Waals surface area (Å²) in [6.07, 6.45) is 1.88. The minimum Gasteiger partial charge on any atom is -0.361 e. The molecule has 0 saturated carbocycles. The van der Waals surface area contributed by atoms with Crippen molar-refractivity contribution >= 4 is 23.4 Å². The Morgan fingerprint density at radius 2 is 1.59 bits per heavy atom. The third-order valence-corrected chi connectivity index (χ3v) is 4.86. The number of carbonyl (C=O) groups is 1. The molecule has 0 aromatic heterocycles. The highest BCUT2D eigenvalue weighted by Gasteiger charge is 2.33. The van der Waals surface area contributed by atoms with Crippen molar-refractivity contribution in [1.82, 2.24) is 0 Å². The predicted octanol–water partition coefficient (Wildman–Crippen LogP) is 5.50. The van der Waals surface area contributed by atoms with Gasteiger partial charge in [-0.15, -0.1) is 0 Å². The van der Waals surface area contributed by atoms with Gasteiger partial charge in [0.15, 0.2) is 0 Å². The second-order valence-corrected chi connectivity index (χ2v) is 6.90. The zero-order valence-electron chi connectivity index (χ0n) is 15.5. The molecule has 134 valence electrons. The molecule has 3 nitrogen and oxygen atoms in total. The zero-order valence-corrected chi connectivity index (χ0v) is 15.5. The van der Waals surface area contributed by atoms with Crippen LogP contribution in [0.1, 0.15) is 28.4 Å². The summed E-state index contributed by atoms with van der Waals surface area (Å²) >= 11 is 0. The molecule has 1 unspecified atom stereocenters. The number of carbonyl (C=O) groups excluding carboxylic acids is 1. The number of hydrogen-bond acceptors (Lipinski definition) is 2.